The maximum absolute atomic E-state index is 13.3. The van der Waals surface area contributed by atoms with Crippen molar-refractivity contribution >= 4 is 21.6 Å². The van der Waals surface area contributed by atoms with Gasteiger partial charge in [0.15, 0.2) is 0 Å². The SMILES string of the molecule is CC(NS(=O)(=O)CCl)c1ccc(F)cc1F. The largest absolute Gasteiger partial charge is 0.226 e. The molecule has 0 fully saturated rings. The maximum atomic E-state index is 13.3. The summed E-state index contributed by atoms with van der Waals surface area (Å²) in [5.41, 5.74) is 0.0649. The molecule has 0 aromatic heterocycles. The lowest BCUT2D eigenvalue weighted by molar-refractivity contribution is 0.542. The number of benzene rings is 1. The highest BCUT2D eigenvalue weighted by molar-refractivity contribution is 7.90. The Kier molecular flexibility index (Phi) is 4.23. The topological polar surface area (TPSA) is 46.2 Å². The quantitative estimate of drug-likeness (QED) is 0.852. The van der Waals surface area contributed by atoms with E-state index in [0.717, 1.165) is 6.07 Å². The molecule has 0 heterocycles. The van der Waals surface area contributed by atoms with Crippen molar-refractivity contribution in [3.63, 3.8) is 0 Å². The van der Waals surface area contributed by atoms with Crippen molar-refractivity contribution in [2.75, 3.05) is 5.21 Å². The number of nitrogens with one attached hydrogen (secondary N) is 1. The molecule has 0 aliphatic carbocycles. The van der Waals surface area contributed by atoms with Crippen LogP contribution in [0.4, 0.5) is 8.78 Å². The van der Waals surface area contributed by atoms with E-state index in [2.05, 4.69) is 4.72 Å². The van der Waals surface area contributed by atoms with Crippen molar-refractivity contribution in [3.8, 4) is 0 Å². The average molecular weight is 270 g/mol. The van der Waals surface area contributed by atoms with Crippen molar-refractivity contribution in [1.29, 1.82) is 0 Å². The molecule has 1 N–H and O–H groups in total. The minimum atomic E-state index is -3.64. The Balaban J connectivity index is 2.93. The zero-order valence-electron chi connectivity index (χ0n) is 8.38. The van der Waals surface area contributed by atoms with Gasteiger partial charge in [-0.25, -0.2) is 21.9 Å². The molecular formula is C9H10ClF2NO2S. The van der Waals surface area contributed by atoms with Gasteiger partial charge in [-0.15, -0.1) is 11.6 Å². The van der Waals surface area contributed by atoms with Gasteiger partial charge in [0.25, 0.3) is 0 Å². The van der Waals surface area contributed by atoms with Gasteiger partial charge >= 0.3 is 0 Å². The second-order valence-electron chi connectivity index (χ2n) is 3.23. The molecule has 90 valence electrons. The second-order valence-corrected chi connectivity index (χ2v) is 5.57. The van der Waals surface area contributed by atoms with Gasteiger partial charge < -0.3 is 0 Å². The first-order chi connectivity index (χ1) is 7.35. The monoisotopic (exact) mass is 269 g/mol. The summed E-state index contributed by atoms with van der Waals surface area (Å²) in [7, 11) is -3.64. The molecule has 1 unspecified atom stereocenters. The van der Waals surface area contributed by atoms with Crippen LogP contribution in [-0.2, 0) is 10.0 Å². The standard InChI is InChI=1S/C9H10ClF2NO2S/c1-6(13-16(14,15)5-10)8-3-2-7(11)4-9(8)12/h2-4,6,13H,5H2,1H3. The number of hydrogen-bond acceptors (Lipinski definition) is 2. The first kappa shape index (κ1) is 13.3. The smallest absolute Gasteiger partial charge is 0.211 e. The molecule has 3 nitrogen and oxygen atoms in total. The molecule has 0 amide bonds. The van der Waals surface area contributed by atoms with Gasteiger partial charge in [-0.05, 0) is 13.0 Å². The van der Waals surface area contributed by atoms with E-state index in [1.165, 1.54) is 13.0 Å². The van der Waals surface area contributed by atoms with Crippen molar-refractivity contribution in [2.24, 2.45) is 0 Å². The minimum Gasteiger partial charge on any atom is -0.211 e. The van der Waals surface area contributed by atoms with Crippen LogP contribution in [0.25, 0.3) is 0 Å². The van der Waals surface area contributed by atoms with Gasteiger partial charge in [0, 0.05) is 17.7 Å². The predicted octanol–water partition coefficient (Wildman–Crippen LogP) is 2.14. The molecule has 1 atom stereocenters. The molecule has 0 aliphatic heterocycles. The van der Waals surface area contributed by atoms with E-state index in [9.17, 15) is 17.2 Å². The van der Waals surface area contributed by atoms with E-state index < -0.39 is 32.9 Å². The van der Waals surface area contributed by atoms with E-state index >= 15 is 0 Å². The minimum absolute atomic E-state index is 0.0649. The Morgan fingerprint density at radius 2 is 2.06 bits per heavy atom. The van der Waals surface area contributed by atoms with Crippen LogP contribution in [0, 0.1) is 11.6 Å². The van der Waals surface area contributed by atoms with E-state index in [1.807, 2.05) is 0 Å². The molecule has 0 saturated heterocycles. The summed E-state index contributed by atoms with van der Waals surface area (Å²) in [5, 5.41) is -0.611. The van der Waals surface area contributed by atoms with Gasteiger partial charge in [0.05, 0.1) is 0 Å². The van der Waals surface area contributed by atoms with Crippen LogP contribution in [-0.4, -0.2) is 13.6 Å². The molecule has 7 heteroatoms. The van der Waals surface area contributed by atoms with Gasteiger partial charge in [0.2, 0.25) is 10.0 Å². The van der Waals surface area contributed by atoms with Crippen LogP contribution in [0.1, 0.15) is 18.5 Å². The lowest BCUT2D eigenvalue weighted by atomic mass is 10.1. The summed E-state index contributed by atoms with van der Waals surface area (Å²) in [4.78, 5) is 0. The number of rotatable bonds is 4. The third kappa shape index (κ3) is 3.40. The fraction of sp³-hybridized carbons (Fsp3) is 0.333. The molecular weight excluding hydrogens is 260 g/mol. The Labute approximate surface area is 97.5 Å². The lowest BCUT2D eigenvalue weighted by Crippen LogP contribution is -2.28. The van der Waals surface area contributed by atoms with E-state index in [4.69, 9.17) is 11.6 Å². The Hall–Kier alpha value is -0.720. The molecule has 16 heavy (non-hydrogen) atoms. The van der Waals surface area contributed by atoms with Gasteiger partial charge in [-0.2, -0.15) is 0 Å². The van der Waals surface area contributed by atoms with Crippen molar-refractivity contribution < 1.29 is 17.2 Å². The third-order valence-electron chi connectivity index (χ3n) is 1.93. The summed E-state index contributed by atoms with van der Waals surface area (Å²) in [5.74, 6) is -1.52. The summed E-state index contributed by atoms with van der Waals surface area (Å²) in [6.07, 6.45) is 0. The second kappa shape index (κ2) is 5.07. The van der Waals surface area contributed by atoms with Crippen LogP contribution < -0.4 is 4.72 Å². The summed E-state index contributed by atoms with van der Waals surface area (Å²) >= 11 is 5.19. The van der Waals surface area contributed by atoms with E-state index in [0.29, 0.717) is 6.07 Å². The predicted molar refractivity (Wildman–Crippen MR) is 57.5 cm³/mol. The molecule has 1 aromatic carbocycles. The fourth-order valence-electron chi connectivity index (χ4n) is 1.22. The molecule has 0 radical (unpaired) electrons. The summed E-state index contributed by atoms with van der Waals surface area (Å²) < 4.78 is 50.3. The normalized spacial score (nSPS) is 13.8. The molecule has 0 spiro atoms. The Bertz CT molecular complexity index is 478. The highest BCUT2D eigenvalue weighted by Crippen LogP contribution is 2.18. The van der Waals surface area contributed by atoms with Gasteiger partial charge in [0.1, 0.15) is 16.8 Å². The van der Waals surface area contributed by atoms with Crippen LogP contribution >= 0.6 is 11.6 Å². The number of sulfonamides is 1. The fourth-order valence-corrected chi connectivity index (χ4v) is 2.13. The van der Waals surface area contributed by atoms with E-state index in [-0.39, 0.29) is 5.56 Å². The molecule has 0 aliphatic rings. The highest BCUT2D eigenvalue weighted by Gasteiger charge is 2.17. The first-order valence-electron chi connectivity index (χ1n) is 4.36. The molecule has 1 rings (SSSR count). The van der Waals surface area contributed by atoms with Crippen molar-refractivity contribution in [1.82, 2.24) is 4.72 Å². The van der Waals surface area contributed by atoms with Crippen LogP contribution in [0.2, 0.25) is 0 Å². The van der Waals surface area contributed by atoms with Crippen molar-refractivity contribution in [3.05, 3.63) is 35.4 Å². The van der Waals surface area contributed by atoms with Gasteiger partial charge in [-0.1, -0.05) is 6.07 Å². The molecule has 1 aromatic rings. The summed E-state index contributed by atoms with van der Waals surface area (Å²) in [6, 6.07) is 2.14. The number of hydrogen-bond donors (Lipinski definition) is 1. The van der Waals surface area contributed by atoms with Crippen molar-refractivity contribution in [2.45, 2.75) is 13.0 Å². The van der Waals surface area contributed by atoms with Crippen LogP contribution in [0.5, 0.6) is 0 Å². The zero-order chi connectivity index (χ0) is 12.3. The first-order valence-corrected chi connectivity index (χ1v) is 6.55. The third-order valence-corrected chi connectivity index (χ3v) is 3.79. The highest BCUT2D eigenvalue weighted by atomic mass is 35.5. The Morgan fingerprint density at radius 3 is 2.56 bits per heavy atom. The average Bonchev–Trinajstić information content (AvgIpc) is 2.16. The maximum Gasteiger partial charge on any atom is 0.226 e. The Morgan fingerprint density at radius 1 is 1.44 bits per heavy atom. The molecule has 0 bridgehead atoms. The molecule has 0 saturated carbocycles. The van der Waals surface area contributed by atoms with Crippen LogP contribution in [0.15, 0.2) is 18.2 Å². The number of alkyl halides is 1. The van der Waals surface area contributed by atoms with E-state index in [1.54, 1.807) is 0 Å². The summed E-state index contributed by atoms with van der Waals surface area (Å²) in [6.45, 7) is 1.44. The van der Waals surface area contributed by atoms with Gasteiger partial charge in [-0.3, -0.25) is 0 Å². The zero-order valence-corrected chi connectivity index (χ0v) is 9.95. The van der Waals surface area contributed by atoms with Crippen LogP contribution in [0.3, 0.4) is 0 Å². The number of halogens is 3. The lowest BCUT2D eigenvalue weighted by Gasteiger charge is -2.13.